The first kappa shape index (κ1) is 20.9. The van der Waals surface area contributed by atoms with Gasteiger partial charge in [0.15, 0.2) is 0 Å². The molecule has 3 rings (SSSR count). The number of likely N-dealkylation sites (N-methyl/N-ethyl adjacent to an activating group) is 1. The Balaban J connectivity index is 1.57. The highest BCUT2D eigenvalue weighted by Gasteiger charge is 2.32. The van der Waals surface area contributed by atoms with Crippen LogP contribution in [0.25, 0.3) is 0 Å². The molecule has 1 aromatic heterocycles. The van der Waals surface area contributed by atoms with Crippen LogP contribution in [0.3, 0.4) is 0 Å². The van der Waals surface area contributed by atoms with Gasteiger partial charge in [-0.3, -0.25) is 9.69 Å². The Kier molecular flexibility index (Phi) is 6.49. The predicted molar refractivity (Wildman–Crippen MR) is 107 cm³/mol. The van der Waals surface area contributed by atoms with Crippen LogP contribution in [0.4, 0.5) is 4.39 Å². The van der Waals surface area contributed by atoms with Crippen molar-refractivity contribution in [3.63, 3.8) is 0 Å². The summed E-state index contributed by atoms with van der Waals surface area (Å²) in [6.07, 6.45) is 0. The van der Waals surface area contributed by atoms with E-state index in [4.69, 9.17) is 0 Å². The maximum atomic E-state index is 13.9. The van der Waals surface area contributed by atoms with E-state index >= 15 is 0 Å². The van der Waals surface area contributed by atoms with Crippen LogP contribution >= 0.6 is 11.3 Å². The molecule has 9 heteroatoms. The van der Waals surface area contributed by atoms with Gasteiger partial charge in [-0.2, -0.15) is 4.31 Å². The average molecular weight is 426 g/mol. The van der Waals surface area contributed by atoms with E-state index in [0.717, 1.165) is 6.07 Å². The molecular formula is C19H24FN3O3S2. The minimum Gasteiger partial charge on any atom is -0.339 e. The van der Waals surface area contributed by atoms with Crippen molar-refractivity contribution in [2.75, 3.05) is 39.8 Å². The van der Waals surface area contributed by atoms with Gasteiger partial charge in [-0.15, -0.1) is 11.3 Å². The number of thiophene rings is 1. The summed E-state index contributed by atoms with van der Waals surface area (Å²) in [4.78, 5) is 17.1. The fraction of sp³-hybridized carbons (Fsp3) is 0.421. The van der Waals surface area contributed by atoms with E-state index in [1.165, 1.54) is 27.4 Å². The van der Waals surface area contributed by atoms with Gasteiger partial charge in [0.05, 0.1) is 6.54 Å². The van der Waals surface area contributed by atoms with Crippen LogP contribution in [-0.2, 0) is 14.8 Å². The Labute approximate surface area is 169 Å². The topological polar surface area (TPSA) is 60.9 Å². The van der Waals surface area contributed by atoms with E-state index < -0.39 is 15.8 Å². The van der Waals surface area contributed by atoms with Crippen LogP contribution < -0.4 is 0 Å². The van der Waals surface area contributed by atoms with Crippen molar-refractivity contribution in [1.82, 2.24) is 14.1 Å². The zero-order chi connectivity index (χ0) is 20.3. The molecule has 2 heterocycles. The van der Waals surface area contributed by atoms with Gasteiger partial charge in [-0.1, -0.05) is 18.2 Å². The molecule has 1 unspecified atom stereocenters. The third-order valence-electron chi connectivity index (χ3n) is 5.05. The molecule has 0 radical (unpaired) electrons. The highest BCUT2D eigenvalue weighted by atomic mass is 32.2. The van der Waals surface area contributed by atoms with Crippen molar-refractivity contribution in [1.29, 1.82) is 0 Å². The maximum absolute atomic E-state index is 13.9. The third-order valence-corrected chi connectivity index (χ3v) is 8.02. The molecule has 1 aliphatic rings. The quantitative estimate of drug-likeness (QED) is 0.713. The number of benzene rings is 1. The number of piperazine rings is 1. The summed E-state index contributed by atoms with van der Waals surface area (Å²) >= 11 is 1.65. The van der Waals surface area contributed by atoms with Gasteiger partial charge in [0.2, 0.25) is 15.9 Å². The summed E-state index contributed by atoms with van der Waals surface area (Å²) in [6, 6.07) is 9.52. The van der Waals surface area contributed by atoms with Crippen molar-refractivity contribution >= 4 is 27.3 Å². The van der Waals surface area contributed by atoms with Crippen molar-refractivity contribution in [3.05, 3.63) is 52.5 Å². The summed E-state index contributed by atoms with van der Waals surface area (Å²) in [5.41, 5.74) is 0. The number of hydrogen-bond acceptors (Lipinski definition) is 5. The Morgan fingerprint density at radius 1 is 1.18 bits per heavy atom. The highest BCUT2D eigenvalue weighted by molar-refractivity contribution is 7.89. The lowest BCUT2D eigenvalue weighted by Crippen LogP contribution is -2.52. The van der Waals surface area contributed by atoms with Gasteiger partial charge in [0.1, 0.15) is 10.7 Å². The van der Waals surface area contributed by atoms with Crippen molar-refractivity contribution in [3.8, 4) is 0 Å². The number of amides is 1. The van der Waals surface area contributed by atoms with E-state index in [-0.39, 0.29) is 36.5 Å². The lowest BCUT2D eigenvalue weighted by Gasteiger charge is -2.35. The fourth-order valence-electron chi connectivity index (χ4n) is 3.17. The molecule has 6 nitrogen and oxygen atoms in total. The van der Waals surface area contributed by atoms with Crippen LogP contribution in [0.15, 0.2) is 46.7 Å². The van der Waals surface area contributed by atoms with Crippen LogP contribution in [0.1, 0.15) is 17.8 Å². The van der Waals surface area contributed by atoms with Gasteiger partial charge in [-0.25, -0.2) is 12.8 Å². The standard InChI is InChI=1S/C19H24FN3O3S2/c1-15(17-7-5-13-27-17)21(2)14-19(24)22-9-11-23(12-10-22)28(25,26)18-8-4-3-6-16(18)20/h3-8,13,15H,9-12,14H2,1-2H3. The largest absolute Gasteiger partial charge is 0.339 e. The number of carbonyl (C=O) groups excluding carboxylic acids is 1. The minimum absolute atomic E-state index is 0.0335. The molecule has 2 aromatic rings. The maximum Gasteiger partial charge on any atom is 0.246 e. The summed E-state index contributed by atoms with van der Waals surface area (Å²) in [6.45, 7) is 3.23. The van der Waals surface area contributed by atoms with E-state index in [9.17, 15) is 17.6 Å². The molecule has 0 saturated carbocycles. The highest BCUT2D eigenvalue weighted by Crippen LogP contribution is 2.24. The van der Waals surface area contributed by atoms with Gasteiger partial charge < -0.3 is 4.90 Å². The van der Waals surface area contributed by atoms with Gasteiger partial charge in [0.25, 0.3) is 0 Å². The lowest BCUT2D eigenvalue weighted by atomic mass is 10.2. The first-order valence-electron chi connectivity index (χ1n) is 9.07. The summed E-state index contributed by atoms with van der Waals surface area (Å²) < 4.78 is 40.5. The van der Waals surface area contributed by atoms with E-state index in [1.807, 2.05) is 29.5 Å². The fourth-order valence-corrected chi connectivity index (χ4v) is 5.50. The third kappa shape index (κ3) is 4.43. The molecule has 0 bridgehead atoms. The second-order valence-corrected chi connectivity index (χ2v) is 9.71. The smallest absolute Gasteiger partial charge is 0.246 e. The molecule has 152 valence electrons. The Bertz CT molecular complexity index is 910. The van der Waals surface area contributed by atoms with Gasteiger partial charge in [0, 0.05) is 37.1 Å². The van der Waals surface area contributed by atoms with Crippen LogP contribution in [-0.4, -0.2) is 68.2 Å². The number of halogens is 1. The second-order valence-electron chi connectivity index (χ2n) is 6.82. The number of nitrogens with zero attached hydrogens (tertiary/aromatic N) is 3. The SMILES string of the molecule is CC(c1cccs1)N(C)CC(=O)N1CCN(S(=O)(=O)c2ccccc2F)CC1. The summed E-state index contributed by atoms with van der Waals surface area (Å²) in [5, 5.41) is 2.01. The zero-order valence-electron chi connectivity index (χ0n) is 15.9. The second kappa shape index (κ2) is 8.69. The first-order valence-corrected chi connectivity index (χ1v) is 11.4. The Morgan fingerprint density at radius 2 is 1.86 bits per heavy atom. The predicted octanol–water partition coefficient (Wildman–Crippen LogP) is 2.41. The Morgan fingerprint density at radius 3 is 2.46 bits per heavy atom. The van der Waals surface area contributed by atoms with Crippen LogP contribution in [0.5, 0.6) is 0 Å². The molecule has 28 heavy (non-hydrogen) atoms. The van der Waals surface area contributed by atoms with Crippen molar-refractivity contribution in [2.24, 2.45) is 0 Å². The average Bonchev–Trinajstić information content (AvgIpc) is 3.22. The Hall–Kier alpha value is -1.81. The summed E-state index contributed by atoms with van der Waals surface area (Å²) in [5.74, 6) is -0.793. The molecule has 1 saturated heterocycles. The monoisotopic (exact) mass is 425 g/mol. The molecule has 1 aliphatic heterocycles. The lowest BCUT2D eigenvalue weighted by molar-refractivity contribution is -0.133. The number of rotatable bonds is 6. The van der Waals surface area contributed by atoms with Crippen molar-refractivity contribution in [2.45, 2.75) is 17.9 Å². The molecule has 1 atom stereocenters. The minimum atomic E-state index is -3.90. The van der Waals surface area contributed by atoms with Gasteiger partial charge in [-0.05, 0) is 37.6 Å². The molecule has 1 amide bonds. The molecule has 0 N–H and O–H groups in total. The van der Waals surface area contributed by atoms with E-state index in [0.29, 0.717) is 13.1 Å². The van der Waals surface area contributed by atoms with Crippen molar-refractivity contribution < 1.29 is 17.6 Å². The number of sulfonamides is 1. The van der Waals surface area contributed by atoms with Gasteiger partial charge >= 0.3 is 0 Å². The molecule has 0 aliphatic carbocycles. The van der Waals surface area contributed by atoms with E-state index in [1.54, 1.807) is 16.2 Å². The van der Waals surface area contributed by atoms with Crippen LogP contribution in [0, 0.1) is 5.82 Å². The molecule has 1 fully saturated rings. The molecular weight excluding hydrogens is 401 g/mol. The molecule has 1 aromatic carbocycles. The first-order chi connectivity index (χ1) is 13.3. The van der Waals surface area contributed by atoms with E-state index in [2.05, 4.69) is 6.92 Å². The number of carbonyl (C=O) groups is 1. The summed E-state index contributed by atoms with van der Waals surface area (Å²) in [7, 11) is -1.99. The molecule has 0 spiro atoms. The normalized spacial score (nSPS) is 17.1. The zero-order valence-corrected chi connectivity index (χ0v) is 17.5. The van der Waals surface area contributed by atoms with Crippen LogP contribution in [0.2, 0.25) is 0 Å². The number of hydrogen-bond donors (Lipinski definition) is 0.